The first-order chi connectivity index (χ1) is 12.7. The fourth-order valence-electron chi connectivity index (χ4n) is 2.92. The number of methoxy groups -OCH3 is 1. The number of thioether (sulfide) groups is 1. The van der Waals surface area contributed by atoms with Crippen molar-refractivity contribution < 1.29 is 34.1 Å². The zero-order valence-electron chi connectivity index (χ0n) is 14.4. The van der Waals surface area contributed by atoms with Crippen LogP contribution >= 0.6 is 23.4 Å². The molecule has 0 saturated carbocycles. The number of rotatable bonds is 9. The minimum atomic E-state index is -1.67. The van der Waals surface area contributed by atoms with Gasteiger partial charge in [0.05, 0.1) is 0 Å². The lowest BCUT2D eigenvalue weighted by atomic mass is 9.98. The first kappa shape index (κ1) is 21.5. The van der Waals surface area contributed by atoms with Crippen molar-refractivity contribution in [2.45, 2.75) is 36.4 Å². The topological polar surface area (TPSA) is 159 Å². The number of hydrogen-bond acceptors (Lipinski definition) is 7. The monoisotopic (exact) mass is 421 g/mol. The highest BCUT2D eigenvalue weighted by Crippen LogP contribution is 2.46. The van der Waals surface area contributed by atoms with Crippen molar-refractivity contribution in [1.82, 2.24) is 10.2 Å². The van der Waals surface area contributed by atoms with Crippen molar-refractivity contribution in [3.63, 3.8) is 0 Å². The second-order valence-corrected chi connectivity index (χ2v) is 7.39. The smallest absolute Gasteiger partial charge is 0.352 e. The average Bonchev–Trinajstić information content (AvgIpc) is 2.63. The van der Waals surface area contributed by atoms with Gasteiger partial charge in [-0.2, -0.15) is 0 Å². The van der Waals surface area contributed by atoms with E-state index in [0.717, 1.165) is 4.90 Å². The van der Waals surface area contributed by atoms with E-state index in [1.807, 2.05) is 0 Å². The van der Waals surface area contributed by atoms with Gasteiger partial charge in [0.25, 0.3) is 11.6 Å². The number of carbonyl (C=O) groups is 4. The standard InChI is InChI=1S/C15H20ClN3O7S/c1-26-15(18-9(20)4-2-3-8(17)11(21)22)13(25)19-10(12(23)24)7(5-16)6-27-14(15)19/h8,14H,2-6,17H2,1H3,(H,18,20)(H,21,22)(H,23,24)/t8?,14-,15-/m0/s1. The highest BCUT2D eigenvalue weighted by molar-refractivity contribution is 8.00. The number of ether oxygens (including phenoxy) is 1. The molecule has 2 aliphatic rings. The van der Waals surface area contributed by atoms with Crippen LogP contribution in [0.25, 0.3) is 0 Å². The molecule has 0 spiro atoms. The molecule has 2 rings (SSSR count). The van der Waals surface area contributed by atoms with E-state index in [4.69, 9.17) is 27.2 Å². The van der Waals surface area contributed by atoms with Gasteiger partial charge in [0.2, 0.25) is 5.91 Å². The van der Waals surface area contributed by atoms with E-state index in [1.165, 1.54) is 18.9 Å². The van der Waals surface area contributed by atoms with E-state index >= 15 is 0 Å². The molecule has 12 heteroatoms. The van der Waals surface area contributed by atoms with E-state index in [-0.39, 0.29) is 36.6 Å². The minimum Gasteiger partial charge on any atom is -0.480 e. The molecule has 1 fully saturated rings. The van der Waals surface area contributed by atoms with Crippen LogP contribution in [0.4, 0.5) is 0 Å². The van der Waals surface area contributed by atoms with Gasteiger partial charge >= 0.3 is 11.9 Å². The molecule has 1 saturated heterocycles. The normalized spacial score (nSPS) is 25.5. The predicted molar refractivity (Wildman–Crippen MR) is 95.8 cm³/mol. The summed E-state index contributed by atoms with van der Waals surface area (Å²) in [5.74, 6) is -3.39. The SMILES string of the molecule is CO[C@@]1(NC(=O)CCCC(N)C(=O)O)C(=O)N2C(C(=O)O)=C(CCl)CS[C@H]21. The highest BCUT2D eigenvalue weighted by atomic mass is 35.5. The quantitative estimate of drug-likeness (QED) is 0.219. The van der Waals surface area contributed by atoms with Gasteiger partial charge in [-0.25, -0.2) is 4.79 Å². The van der Waals surface area contributed by atoms with E-state index in [2.05, 4.69) is 5.32 Å². The number of aliphatic carboxylic acids is 2. The average molecular weight is 422 g/mol. The van der Waals surface area contributed by atoms with E-state index in [9.17, 15) is 24.3 Å². The zero-order valence-corrected chi connectivity index (χ0v) is 16.0. The maximum absolute atomic E-state index is 12.7. The number of nitrogens with one attached hydrogen (secondary N) is 1. The van der Waals surface area contributed by atoms with E-state index in [1.54, 1.807) is 0 Å². The maximum atomic E-state index is 12.7. The third kappa shape index (κ3) is 3.91. The summed E-state index contributed by atoms with van der Waals surface area (Å²) in [6.45, 7) is 0. The highest BCUT2D eigenvalue weighted by Gasteiger charge is 2.66. The molecule has 27 heavy (non-hydrogen) atoms. The van der Waals surface area contributed by atoms with Crippen LogP contribution in [0.1, 0.15) is 19.3 Å². The van der Waals surface area contributed by atoms with E-state index in [0.29, 0.717) is 5.57 Å². The van der Waals surface area contributed by atoms with Crippen molar-refractivity contribution in [2.24, 2.45) is 5.73 Å². The summed E-state index contributed by atoms with van der Waals surface area (Å²) in [5, 5.41) is 19.9. The number of nitrogens with zero attached hydrogens (tertiary/aromatic N) is 1. The van der Waals surface area contributed by atoms with Crippen LogP contribution in [-0.4, -0.2) is 74.7 Å². The van der Waals surface area contributed by atoms with Gasteiger partial charge in [-0.3, -0.25) is 19.3 Å². The zero-order chi connectivity index (χ0) is 20.4. The molecular formula is C15H20ClN3O7S. The van der Waals surface area contributed by atoms with Crippen LogP contribution in [0.15, 0.2) is 11.3 Å². The van der Waals surface area contributed by atoms with Gasteiger partial charge in [0.15, 0.2) is 0 Å². The Balaban J connectivity index is 2.08. The second kappa shape index (κ2) is 8.46. The van der Waals surface area contributed by atoms with Crippen LogP contribution < -0.4 is 11.1 Å². The van der Waals surface area contributed by atoms with Gasteiger partial charge in [-0.15, -0.1) is 23.4 Å². The lowest BCUT2D eigenvalue weighted by Gasteiger charge is -2.55. The molecule has 0 bridgehead atoms. The number of carboxylic acid groups (broad SMARTS) is 2. The maximum Gasteiger partial charge on any atom is 0.352 e. The molecule has 0 aromatic carbocycles. The molecule has 1 unspecified atom stereocenters. The van der Waals surface area contributed by atoms with Gasteiger partial charge in [-0.05, 0) is 18.4 Å². The number of carboxylic acids is 2. The third-order valence-corrected chi connectivity index (χ3v) is 6.05. The van der Waals surface area contributed by atoms with Gasteiger partial charge in [0, 0.05) is 25.2 Å². The van der Waals surface area contributed by atoms with E-state index < -0.39 is 40.9 Å². The van der Waals surface area contributed by atoms with Crippen molar-refractivity contribution in [2.75, 3.05) is 18.7 Å². The van der Waals surface area contributed by atoms with Crippen LogP contribution in [0.5, 0.6) is 0 Å². The summed E-state index contributed by atoms with van der Waals surface area (Å²) in [5.41, 5.74) is 3.94. The number of amides is 2. The Hall–Kier alpha value is -1.82. The number of hydrogen-bond donors (Lipinski definition) is 4. The molecule has 2 heterocycles. The Kier molecular flexibility index (Phi) is 6.73. The minimum absolute atomic E-state index is 0.0265. The molecule has 3 atom stereocenters. The summed E-state index contributed by atoms with van der Waals surface area (Å²) < 4.78 is 5.28. The van der Waals surface area contributed by atoms with Gasteiger partial charge in [0.1, 0.15) is 17.1 Å². The van der Waals surface area contributed by atoms with Crippen LogP contribution in [0, 0.1) is 0 Å². The molecule has 0 aliphatic carbocycles. The van der Waals surface area contributed by atoms with Gasteiger partial charge < -0.3 is 26.0 Å². The number of halogens is 1. The first-order valence-corrected chi connectivity index (χ1v) is 9.59. The molecular weight excluding hydrogens is 402 g/mol. The van der Waals surface area contributed by atoms with Crippen LogP contribution in [-0.2, 0) is 23.9 Å². The molecule has 0 aromatic rings. The number of fused-ring (bicyclic) bond motifs is 1. The fraction of sp³-hybridized carbons (Fsp3) is 0.600. The third-order valence-electron chi connectivity index (χ3n) is 4.36. The summed E-state index contributed by atoms with van der Waals surface area (Å²) >= 11 is 7.01. The molecule has 150 valence electrons. The van der Waals surface area contributed by atoms with Crippen molar-refractivity contribution in [3.05, 3.63) is 11.3 Å². The summed E-state index contributed by atoms with van der Waals surface area (Å²) in [7, 11) is 1.25. The lowest BCUT2D eigenvalue weighted by Crippen LogP contribution is -2.80. The Morgan fingerprint density at radius 1 is 1.48 bits per heavy atom. The van der Waals surface area contributed by atoms with Crippen molar-refractivity contribution >= 4 is 47.1 Å². The largest absolute Gasteiger partial charge is 0.480 e. The molecule has 0 radical (unpaired) electrons. The number of carbonyl (C=O) groups excluding carboxylic acids is 2. The van der Waals surface area contributed by atoms with Crippen LogP contribution in [0.2, 0.25) is 0 Å². The summed E-state index contributed by atoms with van der Waals surface area (Å²) in [6, 6.07) is -1.07. The fourth-order valence-corrected chi connectivity index (χ4v) is 4.69. The summed E-state index contributed by atoms with van der Waals surface area (Å²) in [4.78, 5) is 48.2. The Morgan fingerprint density at radius 2 is 2.15 bits per heavy atom. The van der Waals surface area contributed by atoms with Gasteiger partial charge in [-0.1, -0.05) is 0 Å². The molecule has 10 nitrogen and oxygen atoms in total. The molecule has 2 aliphatic heterocycles. The van der Waals surface area contributed by atoms with Crippen molar-refractivity contribution in [1.29, 1.82) is 0 Å². The number of nitrogens with two attached hydrogens (primary N) is 1. The Labute approximate surface area is 164 Å². The number of β-lactam (4-membered cyclic amide) rings is 1. The second-order valence-electron chi connectivity index (χ2n) is 6.05. The van der Waals surface area contributed by atoms with Crippen molar-refractivity contribution in [3.8, 4) is 0 Å². The first-order valence-electron chi connectivity index (χ1n) is 8.00. The molecule has 5 N–H and O–H groups in total. The Morgan fingerprint density at radius 3 is 2.67 bits per heavy atom. The number of alkyl halides is 1. The van der Waals surface area contributed by atoms with Crippen LogP contribution in [0.3, 0.4) is 0 Å². The Bertz CT molecular complexity index is 701. The molecule has 0 aromatic heterocycles. The molecule has 2 amide bonds. The summed E-state index contributed by atoms with van der Waals surface area (Å²) in [6.07, 6.45) is 0.267. The lowest BCUT2D eigenvalue weighted by molar-refractivity contribution is -0.192. The predicted octanol–water partition coefficient (Wildman–Crippen LogP) is -0.480.